The number of halogens is 10. The van der Waals surface area contributed by atoms with Gasteiger partial charge in [0.2, 0.25) is 5.82 Å². The Morgan fingerprint density at radius 2 is 1.30 bits per heavy atom. The maximum absolute atomic E-state index is 13.4. The van der Waals surface area contributed by atoms with E-state index in [9.17, 15) is 39.5 Å². The molecule has 0 spiro atoms. The second kappa shape index (κ2) is 4.49. The summed E-state index contributed by atoms with van der Waals surface area (Å²) in [6.45, 7) is 0. The first-order valence-corrected chi connectivity index (χ1v) is 5.22. The minimum absolute atomic E-state index is 0.111. The third kappa shape index (κ3) is 2.15. The lowest BCUT2D eigenvalue weighted by molar-refractivity contribution is -0.401. The largest absolute Gasteiger partial charge is 0.460 e. The highest BCUT2D eigenvalue weighted by molar-refractivity contribution is 9.10. The van der Waals surface area contributed by atoms with Crippen LogP contribution in [0.1, 0.15) is 5.82 Å². The van der Waals surface area contributed by atoms with Crippen molar-refractivity contribution in [2.24, 2.45) is 7.05 Å². The molecule has 0 aliphatic rings. The van der Waals surface area contributed by atoms with E-state index in [1.54, 1.807) is 0 Å². The second-order valence-corrected chi connectivity index (χ2v) is 4.28. The molecule has 20 heavy (non-hydrogen) atoms. The lowest BCUT2D eigenvalue weighted by Crippen LogP contribution is -2.60. The van der Waals surface area contributed by atoms with Crippen molar-refractivity contribution in [1.82, 2.24) is 14.8 Å². The molecule has 1 rings (SSSR count). The molecule has 0 unspecified atom stereocenters. The Bertz CT molecular complexity index is 506. The molecule has 1 heterocycles. The number of alkyl halides is 9. The van der Waals surface area contributed by atoms with E-state index < -0.39 is 34.5 Å². The SMILES string of the molecule is Cn1c(Br)nnc1C(F)(F)C(F)(F)C(F)(F)C(F)(F)F. The standard InChI is InChI=1S/C7H3BrF9N3/c1-20-2(18-19-3(20)8)4(9,10)5(11,12)6(13,14)7(15,16)17/h1H3. The van der Waals surface area contributed by atoms with Crippen LogP contribution < -0.4 is 0 Å². The van der Waals surface area contributed by atoms with Crippen molar-refractivity contribution in [1.29, 1.82) is 0 Å². The Morgan fingerprint density at radius 3 is 1.60 bits per heavy atom. The minimum atomic E-state index is -6.96. The van der Waals surface area contributed by atoms with Crippen LogP contribution in [0.15, 0.2) is 4.73 Å². The van der Waals surface area contributed by atoms with Crippen LogP contribution in [0, 0.1) is 0 Å². The van der Waals surface area contributed by atoms with Gasteiger partial charge in [-0.15, -0.1) is 10.2 Å². The summed E-state index contributed by atoms with van der Waals surface area (Å²) in [6, 6.07) is 0. The van der Waals surface area contributed by atoms with Gasteiger partial charge in [0.15, 0.2) is 4.73 Å². The van der Waals surface area contributed by atoms with Crippen LogP contribution >= 0.6 is 15.9 Å². The molecule has 0 radical (unpaired) electrons. The zero-order valence-corrected chi connectivity index (χ0v) is 10.7. The van der Waals surface area contributed by atoms with Crippen LogP contribution in [0.3, 0.4) is 0 Å². The van der Waals surface area contributed by atoms with Crippen LogP contribution in [0.5, 0.6) is 0 Å². The topological polar surface area (TPSA) is 30.7 Å². The van der Waals surface area contributed by atoms with Crippen molar-refractivity contribution in [3.05, 3.63) is 10.6 Å². The predicted octanol–water partition coefficient (Wildman–Crippen LogP) is 3.50. The van der Waals surface area contributed by atoms with Crippen LogP contribution in [-0.2, 0) is 13.0 Å². The predicted molar refractivity (Wildman–Crippen MR) is 48.5 cm³/mol. The van der Waals surface area contributed by atoms with E-state index in [1.165, 1.54) is 0 Å². The Kier molecular flexibility index (Phi) is 3.83. The molecule has 3 nitrogen and oxygen atoms in total. The van der Waals surface area contributed by atoms with E-state index in [0.29, 0.717) is 7.05 Å². The lowest BCUT2D eigenvalue weighted by Gasteiger charge is -2.32. The number of rotatable bonds is 3. The monoisotopic (exact) mass is 379 g/mol. The van der Waals surface area contributed by atoms with Gasteiger partial charge in [-0.05, 0) is 15.9 Å². The van der Waals surface area contributed by atoms with Crippen molar-refractivity contribution in [2.75, 3.05) is 0 Å². The van der Waals surface area contributed by atoms with Crippen molar-refractivity contribution >= 4 is 15.9 Å². The van der Waals surface area contributed by atoms with Gasteiger partial charge in [0, 0.05) is 7.05 Å². The Hall–Kier alpha value is -1.01. The molecule has 1 aromatic heterocycles. The molecule has 0 saturated carbocycles. The van der Waals surface area contributed by atoms with Gasteiger partial charge in [-0.25, -0.2) is 0 Å². The van der Waals surface area contributed by atoms with Gasteiger partial charge in [0.25, 0.3) is 0 Å². The van der Waals surface area contributed by atoms with E-state index in [2.05, 4.69) is 26.1 Å². The second-order valence-electron chi connectivity index (χ2n) is 3.57. The summed E-state index contributed by atoms with van der Waals surface area (Å²) in [5.74, 6) is -21.7. The van der Waals surface area contributed by atoms with Crippen molar-refractivity contribution in [3.63, 3.8) is 0 Å². The van der Waals surface area contributed by atoms with Crippen LogP contribution in [0.4, 0.5) is 39.5 Å². The van der Waals surface area contributed by atoms with Crippen molar-refractivity contribution in [2.45, 2.75) is 23.9 Å². The highest BCUT2D eigenvalue weighted by atomic mass is 79.9. The van der Waals surface area contributed by atoms with Gasteiger partial charge < -0.3 is 4.57 Å². The molecule has 0 N–H and O–H groups in total. The summed E-state index contributed by atoms with van der Waals surface area (Å²) in [4.78, 5) is 0. The number of aromatic nitrogens is 3. The van der Waals surface area contributed by atoms with Crippen LogP contribution in [0.25, 0.3) is 0 Å². The molecule has 0 atom stereocenters. The minimum Gasteiger partial charge on any atom is -0.303 e. The van der Waals surface area contributed by atoms with E-state index in [1.807, 2.05) is 0 Å². The summed E-state index contributed by atoms with van der Waals surface area (Å²) >= 11 is 2.47. The third-order valence-electron chi connectivity index (χ3n) is 2.25. The maximum atomic E-state index is 13.4. The summed E-state index contributed by atoms with van der Waals surface area (Å²) in [5, 5.41) is 5.31. The van der Waals surface area contributed by atoms with E-state index in [-0.39, 0.29) is 4.57 Å². The molecule has 0 bridgehead atoms. The Morgan fingerprint density at radius 1 is 0.850 bits per heavy atom. The average Bonchev–Trinajstić information content (AvgIpc) is 2.57. The third-order valence-corrected chi connectivity index (χ3v) is 2.94. The molecule has 0 aliphatic heterocycles. The zero-order chi connectivity index (χ0) is 16.1. The Labute approximate surface area is 112 Å². The summed E-state index contributed by atoms with van der Waals surface area (Å²) in [7, 11) is 0.676. The van der Waals surface area contributed by atoms with Gasteiger partial charge in [0.05, 0.1) is 0 Å². The molecule has 1 aromatic rings. The molecule has 0 aliphatic carbocycles. The van der Waals surface area contributed by atoms with Gasteiger partial charge in [0.1, 0.15) is 0 Å². The normalized spacial score (nSPS) is 14.8. The van der Waals surface area contributed by atoms with E-state index in [0.717, 1.165) is 0 Å². The number of nitrogens with zero attached hydrogens (tertiary/aromatic N) is 3. The first-order chi connectivity index (χ1) is 8.68. The quantitative estimate of drug-likeness (QED) is 0.752. The fraction of sp³-hybridized carbons (Fsp3) is 0.714. The molecule has 0 fully saturated rings. The van der Waals surface area contributed by atoms with Gasteiger partial charge in [-0.1, -0.05) is 0 Å². The van der Waals surface area contributed by atoms with E-state index >= 15 is 0 Å². The Balaban J connectivity index is 3.43. The molecule has 0 saturated heterocycles. The van der Waals surface area contributed by atoms with Gasteiger partial charge >= 0.3 is 23.9 Å². The van der Waals surface area contributed by atoms with Gasteiger partial charge in [-0.3, -0.25) is 0 Å². The first kappa shape index (κ1) is 17.0. The van der Waals surface area contributed by atoms with Gasteiger partial charge in [-0.2, -0.15) is 39.5 Å². The lowest BCUT2D eigenvalue weighted by atomic mass is 10.0. The average molecular weight is 380 g/mol. The molecule has 13 heteroatoms. The molecular weight excluding hydrogens is 377 g/mol. The first-order valence-electron chi connectivity index (χ1n) is 4.43. The number of hydrogen-bond donors (Lipinski definition) is 0. The molecular formula is C7H3BrF9N3. The molecule has 0 aromatic carbocycles. The van der Waals surface area contributed by atoms with Crippen LogP contribution in [-0.4, -0.2) is 32.8 Å². The van der Waals surface area contributed by atoms with Crippen LogP contribution in [0.2, 0.25) is 0 Å². The molecule has 0 amide bonds. The summed E-state index contributed by atoms with van der Waals surface area (Å²) in [6.07, 6.45) is -6.87. The highest BCUT2D eigenvalue weighted by Crippen LogP contribution is 2.56. The smallest absolute Gasteiger partial charge is 0.303 e. The maximum Gasteiger partial charge on any atom is 0.460 e. The van der Waals surface area contributed by atoms with Crippen molar-refractivity contribution < 1.29 is 39.5 Å². The summed E-state index contributed by atoms with van der Waals surface area (Å²) in [5.41, 5.74) is 0. The van der Waals surface area contributed by atoms with E-state index in [4.69, 9.17) is 0 Å². The summed E-state index contributed by atoms with van der Waals surface area (Å²) < 4.78 is 113. The van der Waals surface area contributed by atoms with Crippen molar-refractivity contribution in [3.8, 4) is 0 Å². The zero-order valence-electron chi connectivity index (χ0n) is 9.12. The highest BCUT2D eigenvalue weighted by Gasteiger charge is 2.83. The fourth-order valence-corrected chi connectivity index (χ4v) is 1.35. The molecule has 116 valence electrons. The fourth-order valence-electron chi connectivity index (χ4n) is 1.10. The number of hydrogen-bond acceptors (Lipinski definition) is 2.